The SMILES string of the molecule is Cn1ccc(C(=O)Nc2ccc(F)cc2I)cc1=O. The van der Waals surface area contributed by atoms with Crippen LogP contribution in [0.3, 0.4) is 0 Å². The minimum absolute atomic E-state index is 0.263. The number of aromatic nitrogens is 1. The molecule has 0 aliphatic heterocycles. The fraction of sp³-hybridized carbons (Fsp3) is 0.0769. The Bertz CT molecular complexity index is 697. The molecule has 0 spiro atoms. The highest BCUT2D eigenvalue weighted by atomic mass is 127. The molecule has 0 atom stereocenters. The second kappa shape index (κ2) is 5.52. The lowest BCUT2D eigenvalue weighted by molar-refractivity contribution is 0.102. The lowest BCUT2D eigenvalue weighted by Crippen LogP contribution is -2.20. The van der Waals surface area contributed by atoms with Gasteiger partial charge in [0.25, 0.3) is 11.5 Å². The molecule has 0 aliphatic carbocycles. The molecule has 6 heteroatoms. The van der Waals surface area contributed by atoms with Gasteiger partial charge >= 0.3 is 0 Å². The molecule has 1 N–H and O–H groups in total. The van der Waals surface area contributed by atoms with Crippen LogP contribution in [-0.2, 0) is 7.05 Å². The van der Waals surface area contributed by atoms with E-state index in [9.17, 15) is 14.0 Å². The molecule has 4 nitrogen and oxygen atoms in total. The van der Waals surface area contributed by atoms with Crippen LogP contribution in [0.2, 0.25) is 0 Å². The Kier molecular flexibility index (Phi) is 3.98. The third-order valence-electron chi connectivity index (χ3n) is 2.55. The molecule has 1 aromatic heterocycles. The van der Waals surface area contributed by atoms with Crippen molar-refractivity contribution in [3.8, 4) is 0 Å². The molecule has 1 heterocycles. The number of hydrogen-bond donors (Lipinski definition) is 1. The van der Waals surface area contributed by atoms with E-state index in [0.717, 1.165) is 0 Å². The van der Waals surface area contributed by atoms with Crippen molar-refractivity contribution in [2.45, 2.75) is 0 Å². The van der Waals surface area contributed by atoms with Gasteiger partial charge in [0.2, 0.25) is 0 Å². The number of halogens is 2. The van der Waals surface area contributed by atoms with Crippen LogP contribution >= 0.6 is 22.6 Å². The molecule has 0 bridgehead atoms. The first-order chi connectivity index (χ1) is 8.97. The lowest BCUT2D eigenvalue weighted by Gasteiger charge is -2.07. The number of nitrogens with zero attached hydrogens (tertiary/aromatic N) is 1. The summed E-state index contributed by atoms with van der Waals surface area (Å²) in [4.78, 5) is 23.4. The van der Waals surface area contributed by atoms with Crippen LogP contribution in [0.4, 0.5) is 10.1 Å². The minimum atomic E-state index is -0.401. The van der Waals surface area contributed by atoms with Crippen molar-refractivity contribution in [3.05, 3.63) is 61.8 Å². The van der Waals surface area contributed by atoms with E-state index in [4.69, 9.17) is 0 Å². The molecule has 19 heavy (non-hydrogen) atoms. The Morgan fingerprint density at radius 2 is 2.05 bits per heavy atom. The first kappa shape index (κ1) is 13.7. The quantitative estimate of drug-likeness (QED) is 0.824. The molecule has 0 aliphatic rings. The number of carbonyl (C=O) groups excluding carboxylic acids is 1. The van der Waals surface area contributed by atoms with Crippen LogP contribution in [0.15, 0.2) is 41.3 Å². The summed E-state index contributed by atoms with van der Waals surface area (Å²) in [5.74, 6) is -0.766. The third-order valence-corrected chi connectivity index (χ3v) is 3.44. The van der Waals surface area contributed by atoms with Gasteiger partial charge in [0.1, 0.15) is 5.82 Å². The summed E-state index contributed by atoms with van der Waals surface area (Å²) in [5.41, 5.74) is 0.511. The molecule has 0 radical (unpaired) electrons. The van der Waals surface area contributed by atoms with Crippen LogP contribution in [0.5, 0.6) is 0 Å². The number of aryl methyl sites for hydroxylation is 1. The molecule has 0 fully saturated rings. The Morgan fingerprint density at radius 3 is 2.68 bits per heavy atom. The van der Waals surface area contributed by atoms with Crippen molar-refractivity contribution in [2.75, 3.05) is 5.32 Å². The highest BCUT2D eigenvalue weighted by Gasteiger charge is 2.09. The summed E-state index contributed by atoms with van der Waals surface area (Å²) in [6.07, 6.45) is 1.52. The van der Waals surface area contributed by atoms with Gasteiger partial charge in [-0.25, -0.2) is 4.39 Å². The number of benzene rings is 1. The van der Waals surface area contributed by atoms with Gasteiger partial charge in [0.05, 0.1) is 5.69 Å². The van der Waals surface area contributed by atoms with Crippen molar-refractivity contribution >= 4 is 34.2 Å². The van der Waals surface area contributed by atoms with Gasteiger partial charge in [-0.05, 0) is 46.9 Å². The summed E-state index contributed by atoms with van der Waals surface area (Å²) in [6.45, 7) is 0. The van der Waals surface area contributed by atoms with Crippen LogP contribution in [0.1, 0.15) is 10.4 Å². The number of carbonyl (C=O) groups is 1. The summed E-state index contributed by atoms with van der Waals surface area (Å²) >= 11 is 1.93. The molecular formula is C13H10FIN2O2. The first-order valence-corrected chi connectivity index (χ1v) is 6.48. The zero-order valence-electron chi connectivity index (χ0n) is 9.98. The normalized spacial score (nSPS) is 10.3. The van der Waals surface area contributed by atoms with Crippen LogP contribution in [0, 0.1) is 9.39 Å². The average molecular weight is 372 g/mol. The second-order valence-electron chi connectivity index (χ2n) is 3.94. The van der Waals surface area contributed by atoms with Gasteiger partial charge in [0, 0.05) is 28.4 Å². The number of pyridine rings is 1. The minimum Gasteiger partial charge on any atom is -0.321 e. The standard InChI is InChI=1S/C13H10FIN2O2/c1-17-5-4-8(6-12(17)18)13(19)16-11-3-2-9(14)7-10(11)15/h2-7H,1H3,(H,16,19). The highest BCUT2D eigenvalue weighted by molar-refractivity contribution is 14.1. The Hall–Kier alpha value is -1.70. The van der Waals surface area contributed by atoms with E-state index in [1.54, 1.807) is 13.1 Å². The van der Waals surface area contributed by atoms with E-state index >= 15 is 0 Å². The molecule has 2 aromatic rings. The summed E-state index contributed by atoms with van der Waals surface area (Å²) in [6, 6.07) is 6.87. The van der Waals surface area contributed by atoms with Crippen molar-refractivity contribution < 1.29 is 9.18 Å². The van der Waals surface area contributed by atoms with Crippen molar-refractivity contribution in [1.29, 1.82) is 0 Å². The van der Waals surface area contributed by atoms with Gasteiger partial charge in [0.15, 0.2) is 0 Å². The first-order valence-electron chi connectivity index (χ1n) is 5.40. The number of nitrogens with one attached hydrogen (secondary N) is 1. The third kappa shape index (κ3) is 3.19. The molecular weight excluding hydrogens is 362 g/mol. The van der Waals surface area contributed by atoms with E-state index in [1.165, 1.54) is 35.0 Å². The van der Waals surface area contributed by atoms with Crippen LogP contribution < -0.4 is 10.9 Å². The zero-order chi connectivity index (χ0) is 14.0. The largest absolute Gasteiger partial charge is 0.321 e. The monoisotopic (exact) mass is 372 g/mol. The molecule has 0 saturated heterocycles. The number of rotatable bonds is 2. The van der Waals surface area contributed by atoms with Crippen molar-refractivity contribution in [1.82, 2.24) is 4.57 Å². The maximum absolute atomic E-state index is 12.9. The number of amides is 1. The topological polar surface area (TPSA) is 51.1 Å². The summed E-state index contributed by atoms with van der Waals surface area (Å²) in [7, 11) is 1.60. The van der Waals surface area contributed by atoms with Gasteiger partial charge in [-0.1, -0.05) is 0 Å². The predicted molar refractivity (Wildman–Crippen MR) is 78.8 cm³/mol. The lowest BCUT2D eigenvalue weighted by atomic mass is 10.2. The maximum atomic E-state index is 12.9. The Morgan fingerprint density at radius 1 is 1.32 bits per heavy atom. The van der Waals surface area contributed by atoms with Gasteiger partial charge in [-0.3, -0.25) is 9.59 Å². The summed E-state index contributed by atoms with van der Waals surface area (Å²) < 4.78 is 14.9. The molecule has 98 valence electrons. The molecule has 1 amide bonds. The number of anilines is 1. The Balaban J connectivity index is 2.25. The Labute approximate surface area is 122 Å². The maximum Gasteiger partial charge on any atom is 0.255 e. The van der Waals surface area contributed by atoms with Crippen LogP contribution in [0.25, 0.3) is 0 Å². The molecule has 1 aromatic carbocycles. The van der Waals surface area contributed by atoms with Crippen molar-refractivity contribution in [2.24, 2.45) is 7.05 Å². The van der Waals surface area contributed by atoms with Gasteiger partial charge in [-0.2, -0.15) is 0 Å². The highest BCUT2D eigenvalue weighted by Crippen LogP contribution is 2.19. The van der Waals surface area contributed by atoms with Gasteiger partial charge < -0.3 is 9.88 Å². The smallest absolute Gasteiger partial charge is 0.255 e. The van der Waals surface area contributed by atoms with E-state index in [-0.39, 0.29) is 16.9 Å². The molecule has 0 unspecified atom stereocenters. The molecule has 2 rings (SSSR count). The van der Waals surface area contributed by atoms with E-state index in [1.807, 2.05) is 22.6 Å². The zero-order valence-corrected chi connectivity index (χ0v) is 12.1. The summed E-state index contributed by atoms with van der Waals surface area (Å²) in [5, 5.41) is 2.64. The van der Waals surface area contributed by atoms with Gasteiger partial charge in [-0.15, -0.1) is 0 Å². The number of hydrogen-bond acceptors (Lipinski definition) is 2. The van der Waals surface area contributed by atoms with E-state index in [0.29, 0.717) is 9.26 Å². The fourth-order valence-corrected chi connectivity index (χ4v) is 2.09. The van der Waals surface area contributed by atoms with E-state index in [2.05, 4.69) is 5.32 Å². The van der Waals surface area contributed by atoms with Crippen LogP contribution in [-0.4, -0.2) is 10.5 Å². The average Bonchev–Trinajstić information content (AvgIpc) is 2.36. The van der Waals surface area contributed by atoms with Crippen molar-refractivity contribution in [3.63, 3.8) is 0 Å². The predicted octanol–water partition coefficient (Wildman–Crippen LogP) is 2.38. The second-order valence-corrected chi connectivity index (χ2v) is 5.11. The fourth-order valence-electron chi connectivity index (χ4n) is 1.48. The molecule has 0 saturated carbocycles. The van der Waals surface area contributed by atoms with E-state index < -0.39 is 5.91 Å².